The quantitative estimate of drug-likeness (QED) is 0.355. The first-order valence-electron chi connectivity index (χ1n) is 13.9. The minimum absolute atomic E-state index is 0.0937. The fraction of sp³-hybridized carbons (Fsp3) is 0.483. The molecule has 0 unspecified atom stereocenters. The van der Waals surface area contributed by atoms with Crippen LogP contribution in [0, 0.1) is 0 Å². The minimum atomic E-state index is -0.437. The fourth-order valence-corrected chi connectivity index (χ4v) is 6.02. The molecule has 1 aliphatic heterocycles. The molecule has 9 heteroatoms. The van der Waals surface area contributed by atoms with Gasteiger partial charge in [0.25, 0.3) is 5.56 Å². The fourth-order valence-electron chi connectivity index (χ4n) is 6.02. The average Bonchev–Trinajstić information content (AvgIpc) is 3.73. The van der Waals surface area contributed by atoms with Crippen molar-refractivity contribution in [3.63, 3.8) is 0 Å². The van der Waals surface area contributed by atoms with Crippen molar-refractivity contribution in [2.45, 2.75) is 76.6 Å². The lowest BCUT2D eigenvalue weighted by atomic mass is 10.00. The number of ether oxygens (including phenoxy) is 1. The molecule has 0 spiro atoms. The minimum Gasteiger partial charge on any atom is -0.377 e. The first-order chi connectivity index (χ1) is 18.7. The third-order valence-electron chi connectivity index (χ3n) is 8.01. The molecule has 1 N–H and O–H groups in total. The van der Waals surface area contributed by atoms with Crippen molar-refractivity contribution >= 4 is 10.9 Å². The van der Waals surface area contributed by atoms with E-state index in [1.54, 1.807) is 6.20 Å². The van der Waals surface area contributed by atoms with Gasteiger partial charge in [-0.05, 0) is 83.3 Å². The van der Waals surface area contributed by atoms with Crippen molar-refractivity contribution in [1.29, 1.82) is 0 Å². The van der Waals surface area contributed by atoms with Crippen LogP contribution in [0.4, 0.5) is 0 Å². The van der Waals surface area contributed by atoms with E-state index >= 15 is 0 Å². The highest BCUT2D eigenvalue weighted by atomic mass is 16.5. The Balaban J connectivity index is 1.51. The van der Waals surface area contributed by atoms with Crippen LogP contribution in [-0.4, -0.2) is 54.3 Å². The normalized spacial score (nSPS) is 19.1. The van der Waals surface area contributed by atoms with Gasteiger partial charge in [0.2, 0.25) is 0 Å². The maximum Gasteiger partial charge on any atom is 0.253 e. The van der Waals surface area contributed by atoms with Gasteiger partial charge in [0.05, 0.1) is 12.1 Å². The summed E-state index contributed by atoms with van der Waals surface area (Å²) in [5.74, 6) is 0.718. The predicted octanol–water partition coefficient (Wildman–Crippen LogP) is 4.36. The van der Waals surface area contributed by atoms with Gasteiger partial charge in [0.1, 0.15) is 6.04 Å². The summed E-state index contributed by atoms with van der Waals surface area (Å²) in [5.41, 5.74) is 3.68. The third-order valence-corrected chi connectivity index (χ3v) is 8.01. The van der Waals surface area contributed by atoms with E-state index in [0.29, 0.717) is 18.7 Å². The second kappa shape index (κ2) is 11.1. The van der Waals surface area contributed by atoms with Crippen molar-refractivity contribution in [3.8, 4) is 0 Å². The lowest BCUT2D eigenvalue weighted by Crippen LogP contribution is -2.39. The summed E-state index contributed by atoms with van der Waals surface area (Å²) in [6.45, 7) is 4.18. The van der Waals surface area contributed by atoms with Gasteiger partial charge in [0, 0.05) is 43.2 Å². The molecule has 0 amide bonds. The van der Waals surface area contributed by atoms with Crippen LogP contribution >= 0.6 is 0 Å². The Hall–Kier alpha value is -3.43. The summed E-state index contributed by atoms with van der Waals surface area (Å²) in [6, 6.07) is 12.1. The van der Waals surface area contributed by atoms with Crippen LogP contribution < -0.4 is 5.56 Å². The highest BCUT2D eigenvalue weighted by Crippen LogP contribution is 2.35. The Morgan fingerprint density at radius 1 is 1.13 bits per heavy atom. The second-order valence-corrected chi connectivity index (χ2v) is 10.6. The van der Waals surface area contributed by atoms with E-state index in [9.17, 15) is 4.79 Å². The van der Waals surface area contributed by atoms with Crippen LogP contribution in [0.1, 0.15) is 80.0 Å². The van der Waals surface area contributed by atoms with E-state index < -0.39 is 6.04 Å². The number of aryl methyl sites for hydroxylation is 1. The zero-order chi connectivity index (χ0) is 25.9. The van der Waals surface area contributed by atoms with Crippen LogP contribution in [0.3, 0.4) is 0 Å². The molecule has 2 atom stereocenters. The van der Waals surface area contributed by atoms with Gasteiger partial charge in [-0.3, -0.25) is 14.7 Å². The number of nitrogens with one attached hydrogen (secondary N) is 1. The molecule has 3 aromatic heterocycles. The predicted molar refractivity (Wildman–Crippen MR) is 145 cm³/mol. The molecule has 9 nitrogen and oxygen atoms in total. The summed E-state index contributed by atoms with van der Waals surface area (Å²) < 4.78 is 8.07. The molecule has 1 aliphatic carbocycles. The molecule has 4 aromatic rings. The number of nitrogens with zero attached hydrogens (tertiary/aromatic N) is 6. The van der Waals surface area contributed by atoms with Gasteiger partial charge >= 0.3 is 0 Å². The summed E-state index contributed by atoms with van der Waals surface area (Å²) in [5, 5.41) is 14.2. The second-order valence-electron chi connectivity index (χ2n) is 10.6. The van der Waals surface area contributed by atoms with Crippen LogP contribution in [0.2, 0.25) is 0 Å². The maximum atomic E-state index is 13.7. The maximum absolute atomic E-state index is 13.7. The Morgan fingerprint density at radius 2 is 2.03 bits per heavy atom. The molecule has 4 heterocycles. The van der Waals surface area contributed by atoms with Crippen molar-refractivity contribution in [3.05, 3.63) is 81.7 Å². The number of rotatable bonds is 9. The Morgan fingerprint density at radius 3 is 2.79 bits per heavy atom. The number of H-pyrrole nitrogens is 1. The van der Waals surface area contributed by atoms with Crippen molar-refractivity contribution < 1.29 is 4.74 Å². The summed E-state index contributed by atoms with van der Waals surface area (Å²) in [7, 11) is 0. The zero-order valence-corrected chi connectivity index (χ0v) is 21.9. The van der Waals surface area contributed by atoms with Crippen LogP contribution in [0.5, 0.6) is 0 Å². The number of fused-ring (bicyclic) bond motifs is 1. The lowest BCUT2D eigenvalue weighted by molar-refractivity contribution is 0.0569. The van der Waals surface area contributed by atoms with Gasteiger partial charge in [-0.1, -0.05) is 31.9 Å². The Kier molecular flexibility index (Phi) is 7.29. The van der Waals surface area contributed by atoms with E-state index in [4.69, 9.17) is 4.74 Å². The number of hydrogen-bond donors (Lipinski definition) is 1. The van der Waals surface area contributed by atoms with Gasteiger partial charge in [0.15, 0.2) is 5.82 Å². The number of hydrogen-bond acceptors (Lipinski definition) is 7. The van der Waals surface area contributed by atoms with E-state index in [1.165, 1.54) is 18.4 Å². The summed E-state index contributed by atoms with van der Waals surface area (Å²) >= 11 is 0. The molecule has 2 fully saturated rings. The Labute approximate surface area is 222 Å². The number of tetrazole rings is 1. The number of benzene rings is 1. The third kappa shape index (κ3) is 5.13. The molecule has 1 saturated carbocycles. The van der Waals surface area contributed by atoms with Crippen molar-refractivity contribution in [1.82, 2.24) is 35.1 Å². The molecule has 6 rings (SSSR count). The summed E-state index contributed by atoms with van der Waals surface area (Å²) in [6.07, 6.45) is 11.2. The summed E-state index contributed by atoms with van der Waals surface area (Å²) in [4.78, 5) is 23.6. The molecule has 198 valence electrons. The van der Waals surface area contributed by atoms with E-state index in [-0.39, 0.29) is 17.7 Å². The van der Waals surface area contributed by atoms with E-state index in [1.807, 2.05) is 29.1 Å². The standard InChI is InChI=1S/C29H35N7O2/c1-2-20-11-12-26-22(15-20)16-25(29(37)31-26)27(28-32-33-34-36(28)23-8-3-4-9-23)35(19-24-10-6-14-38-24)18-21-7-5-13-30-17-21/h5,7,11-13,15-17,23-24,27H,2-4,6,8-10,14,18-19H2,1H3,(H,31,37)/t24-,27-/m0/s1. The van der Waals surface area contributed by atoms with Gasteiger partial charge in [-0.25, -0.2) is 4.68 Å². The molecule has 0 bridgehead atoms. The van der Waals surface area contributed by atoms with Crippen LogP contribution in [0.15, 0.2) is 53.6 Å². The highest BCUT2D eigenvalue weighted by molar-refractivity contribution is 5.80. The first-order valence-corrected chi connectivity index (χ1v) is 13.9. The lowest BCUT2D eigenvalue weighted by Gasteiger charge is -2.33. The molecule has 1 saturated heterocycles. The number of aromatic amines is 1. The van der Waals surface area contributed by atoms with Crippen molar-refractivity contribution in [2.75, 3.05) is 13.2 Å². The monoisotopic (exact) mass is 513 g/mol. The Bertz CT molecular complexity index is 1420. The average molecular weight is 514 g/mol. The first kappa shape index (κ1) is 24.9. The topological polar surface area (TPSA) is 102 Å². The van der Waals surface area contributed by atoms with Crippen LogP contribution in [0.25, 0.3) is 10.9 Å². The van der Waals surface area contributed by atoms with Crippen molar-refractivity contribution in [2.24, 2.45) is 0 Å². The van der Waals surface area contributed by atoms with Gasteiger partial charge in [-0.15, -0.1) is 5.10 Å². The zero-order valence-electron chi connectivity index (χ0n) is 21.9. The van der Waals surface area contributed by atoms with Gasteiger partial charge in [-0.2, -0.15) is 0 Å². The molecular formula is C29H35N7O2. The molecule has 0 radical (unpaired) electrons. The van der Waals surface area contributed by atoms with Crippen LogP contribution in [-0.2, 0) is 17.7 Å². The molecule has 38 heavy (non-hydrogen) atoms. The van der Waals surface area contributed by atoms with Gasteiger partial charge < -0.3 is 9.72 Å². The molecule has 2 aliphatic rings. The SMILES string of the molecule is CCc1ccc2[nH]c(=O)c([C@@H](c3nnnn3C3CCCC3)N(Cc3cccnc3)C[C@@H]3CCCO3)cc2c1. The number of pyridine rings is 2. The number of aromatic nitrogens is 6. The van der Waals surface area contributed by atoms with E-state index in [2.05, 4.69) is 55.5 Å². The van der Waals surface area contributed by atoms with E-state index in [0.717, 1.165) is 61.0 Å². The molecule has 1 aromatic carbocycles. The largest absolute Gasteiger partial charge is 0.377 e. The highest BCUT2D eigenvalue weighted by Gasteiger charge is 2.35. The molecular weight excluding hydrogens is 478 g/mol. The smallest absolute Gasteiger partial charge is 0.253 e.